The van der Waals surface area contributed by atoms with Gasteiger partial charge in [0.1, 0.15) is 0 Å². The molecule has 2 aliphatic carbocycles. The maximum atomic E-state index is 4.85. The van der Waals surface area contributed by atoms with Gasteiger partial charge >= 0.3 is 0 Å². The van der Waals surface area contributed by atoms with Gasteiger partial charge in [0.15, 0.2) is 5.96 Å². The fourth-order valence-electron chi connectivity index (χ4n) is 3.60. The van der Waals surface area contributed by atoms with Crippen LogP contribution in [0.1, 0.15) is 58.3 Å². The summed E-state index contributed by atoms with van der Waals surface area (Å²) in [6.45, 7) is 6.65. The summed E-state index contributed by atoms with van der Waals surface area (Å²) in [6.07, 6.45) is 11.3. The van der Waals surface area contributed by atoms with E-state index in [2.05, 4.69) is 17.1 Å². The molecule has 3 aliphatic rings. The van der Waals surface area contributed by atoms with E-state index in [1.165, 1.54) is 70.4 Å². The van der Waals surface area contributed by atoms with Crippen molar-refractivity contribution in [3.8, 4) is 0 Å². The number of hydrogen-bond acceptors (Lipinski definition) is 1. The largest absolute Gasteiger partial charge is 0.357 e. The number of guanidine groups is 1. The molecule has 0 radical (unpaired) electrons. The first-order valence-corrected chi connectivity index (χ1v) is 8.35. The van der Waals surface area contributed by atoms with Crippen LogP contribution < -0.4 is 5.32 Å². The average Bonchev–Trinajstić information content (AvgIpc) is 3.07. The van der Waals surface area contributed by atoms with E-state index in [4.69, 9.17) is 4.99 Å². The lowest BCUT2D eigenvalue weighted by atomic mass is 9.68. The van der Waals surface area contributed by atoms with Crippen LogP contribution in [0.2, 0.25) is 0 Å². The fourth-order valence-corrected chi connectivity index (χ4v) is 3.60. The second kappa shape index (κ2) is 7.32. The molecule has 3 rings (SSSR count). The van der Waals surface area contributed by atoms with Crippen molar-refractivity contribution in [1.29, 1.82) is 0 Å². The van der Waals surface area contributed by atoms with E-state index in [9.17, 15) is 0 Å². The summed E-state index contributed by atoms with van der Waals surface area (Å²) in [5.41, 5.74) is 0.671. The molecule has 1 saturated heterocycles. The Morgan fingerprint density at radius 3 is 2.65 bits per heavy atom. The summed E-state index contributed by atoms with van der Waals surface area (Å²) in [6, 6.07) is 0. The topological polar surface area (TPSA) is 27.6 Å². The number of hydrogen-bond donors (Lipinski definition) is 1. The van der Waals surface area contributed by atoms with Crippen molar-refractivity contribution in [2.45, 2.75) is 58.3 Å². The van der Waals surface area contributed by atoms with Crippen LogP contribution >= 0.6 is 24.0 Å². The molecule has 0 aromatic carbocycles. The first kappa shape index (κ1) is 16.4. The molecule has 0 aromatic rings. The average molecular weight is 391 g/mol. The Morgan fingerprint density at radius 2 is 2.10 bits per heavy atom. The third-order valence-corrected chi connectivity index (χ3v) is 5.22. The molecule has 20 heavy (non-hydrogen) atoms. The molecular formula is C16H30IN3. The standard InChI is InChI=1S/C16H29N3.HI/c1-2-17-15(18-11-3-5-14-6-7-14)19-12-10-16(13-19)8-4-9-16;/h14H,2-13H2,1H3,(H,17,18);1H. The van der Waals surface area contributed by atoms with E-state index in [0.717, 1.165) is 19.0 Å². The predicted octanol–water partition coefficient (Wildman–Crippen LogP) is 3.64. The molecule has 0 amide bonds. The minimum atomic E-state index is 0. The van der Waals surface area contributed by atoms with Crippen molar-refractivity contribution in [2.75, 3.05) is 26.2 Å². The Hall–Kier alpha value is 0. The van der Waals surface area contributed by atoms with E-state index in [1.54, 1.807) is 0 Å². The van der Waals surface area contributed by atoms with Crippen molar-refractivity contribution < 1.29 is 0 Å². The van der Waals surface area contributed by atoms with Crippen LogP contribution in [0, 0.1) is 11.3 Å². The maximum Gasteiger partial charge on any atom is 0.193 e. The lowest BCUT2D eigenvalue weighted by molar-refractivity contribution is 0.151. The van der Waals surface area contributed by atoms with E-state index in [1.807, 2.05) is 0 Å². The maximum absolute atomic E-state index is 4.85. The highest BCUT2D eigenvalue weighted by atomic mass is 127. The van der Waals surface area contributed by atoms with Crippen LogP contribution in [-0.4, -0.2) is 37.0 Å². The molecule has 0 atom stereocenters. The van der Waals surface area contributed by atoms with Crippen molar-refractivity contribution in [3.05, 3.63) is 0 Å². The Morgan fingerprint density at radius 1 is 1.30 bits per heavy atom. The van der Waals surface area contributed by atoms with E-state index < -0.39 is 0 Å². The normalized spacial score (nSPS) is 24.4. The van der Waals surface area contributed by atoms with Gasteiger partial charge in [-0.25, -0.2) is 0 Å². The fraction of sp³-hybridized carbons (Fsp3) is 0.938. The van der Waals surface area contributed by atoms with E-state index >= 15 is 0 Å². The number of rotatable bonds is 5. The molecule has 0 unspecified atom stereocenters. The third kappa shape index (κ3) is 4.01. The summed E-state index contributed by atoms with van der Waals surface area (Å²) in [4.78, 5) is 7.36. The monoisotopic (exact) mass is 391 g/mol. The Bertz CT molecular complexity index is 335. The smallest absolute Gasteiger partial charge is 0.193 e. The molecule has 1 heterocycles. The zero-order chi connectivity index (χ0) is 13.1. The first-order valence-electron chi connectivity index (χ1n) is 8.35. The highest BCUT2D eigenvalue weighted by molar-refractivity contribution is 14.0. The van der Waals surface area contributed by atoms with Gasteiger partial charge in [0.25, 0.3) is 0 Å². The minimum absolute atomic E-state index is 0. The Balaban J connectivity index is 0.00000147. The van der Waals surface area contributed by atoms with Gasteiger partial charge in [0.05, 0.1) is 0 Å². The molecular weight excluding hydrogens is 361 g/mol. The summed E-state index contributed by atoms with van der Waals surface area (Å²) < 4.78 is 0. The summed E-state index contributed by atoms with van der Waals surface area (Å²) in [5.74, 6) is 2.23. The number of halogens is 1. The molecule has 1 aliphatic heterocycles. The third-order valence-electron chi connectivity index (χ3n) is 5.22. The number of aliphatic imine (C=N–C) groups is 1. The second-order valence-corrected chi connectivity index (χ2v) is 6.85. The number of nitrogens with one attached hydrogen (secondary N) is 1. The highest BCUT2D eigenvalue weighted by Crippen LogP contribution is 2.47. The van der Waals surface area contributed by atoms with E-state index in [-0.39, 0.29) is 24.0 Å². The van der Waals surface area contributed by atoms with Crippen LogP contribution in [-0.2, 0) is 0 Å². The van der Waals surface area contributed by atoms with Gasteiger partial charge in [-0.15, -0.1) is 24.0 Å². The number of nitrogens with zero attached hydrogens (tertiary/aromatic N) is 2. The van der Waals surface area contributed by atoms with Crippen LogP contribution in [0.5, 0.6) is 0 Å². The highest BCUT2D eigenvalue weighted by Gasteiger charge is 2.43. The van der Waals surface area contributed by atoms with Gasteiger partial charge in [-0.2, -0.15) is 0 Å². The van der Waals surface area contributed by atoms with Crippen molar-refractivity contribution in [2.24, 2.45) is 16.3 Å². The summed E-state index contributed by atoms with van der Waals surface area (Å²) >= 11 is 0. The predicted molar refractivity (Wildman–Crippen MR) is 95.8 cm³/mol. The molecule has 2 saturated carbocycles. The van der Waals surface area contributed by atoms with Gasteiger partial charge in [0.2, 0.25) is 0 Å². The Labute approximate surface area is 141 Å². The van der Waals surface area contributed by atoms with Gasteiger partial charge in [0, 0.05) is 26.2 Å². The minimum Gasteiger partial charge on any atom is -0.357 e. The van der Waals surface area contributed by atoms with E-state index in [0.29, 0.717) is 5.41 Å². The lowest BCUT2D eigenvalue weighted by Crippen LogP contribution is -2.42. The first-order chi connectivity index (χ1) is 9.31. The van der Waals surface area contributed by atoms with Crippen molar-refractivity contribution in [3.63, 3.8) is 0 Å². The van der Waals surface area contributed by atoms with Crippen LogP contribution in [0.4, 0.5) is 0 Å². The lowest BCUT2D eigenvalue weighted by Gasteiger charge is -2.38. The quantitative estimate of drug-likeness (QED) is 0.335. The zero-order valence-electron chi connectivity index (χ0n) is 12.9. The zero-order valence-corrected chi connectivity index (χ0v) is 15.2. The molecule has 3 fully saturated rings. The molecule has 0 bridgehead atoms. The van der Waals surface area contributed by atoms with Crippen LogP contribution in [0.15, 0.2) is 4.99 Å². The van der Waals surface area contributed by atoms with Gasteiger partial charge in [-0.1, -0.05) is 19.3 Å². The molecule has 3 nitrogen and oxygen atoms in total. The molecule has 1 spiro atoms. The summed E-state index contributed by atoms with van der Waals surface area (Å²) in [5, 5.41) is 3.49. The molecule has 116 valence electrons. The number of likely N-dealkylation sites (tertiary alicyclic amines) is 1. The van der Waals surface area contributed by atoms with Gasteiger partial charge in [-0.05, 0) is 50.4 Å². The summed E-state index contributed by atoms with van der Waals surface area (Å²) in [7, 11) is 0. The van der Waals surface area contributed by atoms with Gasteiger partial charge < -0.3 is 10.2 Å². The van der Waals surface area contributed by atoms with Crippen molar-refractivity contribution >= 4 is 29.9 Å². The molecule has 4 heteroatoms. The second-order valence-electron chi connectivity index (χ2n) is 6.85. The van der Waals surface area contributed by atoms with Crippen LogP contribution in [0.25, 0.3) is 0 Å². The van der Waals surface area contributed by atoms with Gasteiger partial charge in [-0.3, -0.25) is 4.99 Å². The van der Waals surface area contributed by atoms with Crippen molar-refractivity contribution in [1.82, 2.24) is 10.2 Å². The van der Waals surface area contributed by atoms with Crippen LogP contribution in [0.3, 0.4) is 0 Å². The molecule has 0 aromatic heterocycles. The molecule has 1 N–H and O–H groups in total. The Kier molecular flexibility index (Phi) is 5.99. The SMILES string of the molecule is CCNC(=NCCCC1CC1)N1CCC2(CCC2)C1.I.